The number of aliphatic imine (C=N–C) groups is 1. The first kappa shape index (κ1) is 49.1. The van der Waals surface area contributed by atoms with Crippen LogP contribution in [-0.4, -0.2) is 142 Å². The van der Waals surface area contributed by atoms with Gasteiger partial charge in [0.05, 0.1) is 25.7 Å². The molecule has 0 fully saturated rings. The molecule has 1 rings (SSSR count). The molecule has 0 spiro atoms. The zero-order chi connectivity index (χ0) is 43.4. The van der Waals surface area contributed by atoms with Gasteiger partial charge in [-0.2, -0.15) is 0 Å². The predicted octanol–water partition coefficient (Wildman–Crippen LogP) is -6.50. The summed E-state index contributed by atoms with van der Waals surface area (Å²) in [5.41, 5.74) is 22.3. The summed E-state index contributed by atoms with van der Waals surface area (Å²) in [4.78, 5) is 107. The zero-order valence-corrected chi connectivity index (χ0v) is 31.8. The maximum atomic E-state index is 13.8. The van der Waals surface area contributed by atoms with Crippen LogP contribution in [0.25, 0.3) is 0 Å². The van der Waals surface area contributed by atoms with Gasteiger partial charge < -0.3 is 75.3 Å². The highest BCUT2D eigenvalue weighted by atomic mass is 16.4. The Morgan fingerprint density at radius 2 is 1.16 bits per heavy atom. The minimum absolute atomic E-state index is 0.0190. The third-order valence-corrected chi connectivity index (χ3v) is 8.21. The van der Waals surface area contributed by atoms with Crippen molar-refractivity contribution in [3.05, 3.63) is 35.9 Å². The summed E-state index contributed by atoms with van der Waals surface area (Å²) < 4.78 is 0. The van der Waals surface area contributed by atoms with E-state index in [9.17, 15) is 58.8 Å². The van der Waals surface area contributed by atoms with Crippen molar-refractivity contribution in [3.8, 4) is 0 Å². The highest BCUT2D eigenvalue weighted by molar-refractivity contribution is 5.98. The first-order chi connectivity index (χ1) is 26.7. The Morgan fingerprint density at radius 3 is 1.67 bits per heavy atom. The van der Waals surface area contributed by atoms with E-state index in [1.807, 2.05) is 0 Å². The van der Waals surface area contributed by atoms with Gasteiger partial charge in [-0.3, -0.25) is 38.6 Å². The van der Waals surface area contributed by atoms with E-state index in [2.05, 4.69) is 36.9 Å². The lowest BCUT2D eigenvalue weighted by Gasteiger charge is -2.28. The van der Waals surface area contributed by atoms with Gasteiger partial charge in [0, 0.05) is 13.0 Å². The fourth-order valence-corrected chi connectivity index (χ4v) is 4.98. The molecule has 0 aromatic heterocycles. The second kappa shape index (κ2) is 24.6. The van der Waals surface area contributed by atoms with E-state index in [1.165, 1.54) is 6.92 Å². The van der Waals surface area contributed by atoms with Crippen LogP contribution in [-0.2, 0) is 44.8 Å². The van der Waals surface area contributed by atoms with Crippen molar-refractivity contribution in [1.29, 1.82) is 0 Å². The number of aliphatic hydroxyl groups is 3. The summed E-state index contributed by atoms with van der Waals surface area (Å²) in [6, 6.07) is -2.60. The second-order valence-corrected chi connectivity index (χ2v) is 13.3. The number of aliphatic carboxylic acids is 1. The topological polar surface area (TPSA) is 406 Å². The number of carboxylic acids is 1. The van der Waals surface area contributed by atoms with Crippen LogP contribution < -0.4 is 54.8 Å². The summed E-state index contributed by atoms with van der Waals surface area (Å²) in [7, 11) is 0. The lowest BCUT2D eigenvalue weighted by Crippen LogP contribution is -2.61. The smallest absolute Gasteiger partial charge is 0.328 e. The molecule has 18 N–H and O–H groups in total. The van der Waals surface area contributed by atoms with Gasteiger partial charge in [-0.25, -0.2) is 4.79 Å². The molecule has 0 radical (unpaired) electrons. The molecule has 23 heteroatoms. The Balaban J connectivity index is 3.36. The molecular formula is C34H55N11O12. The number of carbonyl (C=O) groups is 8. The number of aliphatic hydroxyl groups excluding tert-OH is 3. The van der Waals surface area contributed by atoms with Crippen molar-refractivity contribution in [1.82, 2.24) is 31.9 Å². The fourth-order valence-electron chi connectivity index (χ4n) is 4.98. The molecular weight excluding hydrogens is 754 g/mol. The lowest BCUT2D eigenvalue weighted by atomic mass is 10.0. The zero-order valence-electron chi connectivity index (χ0n) is 31.8. The molecule has 7 amide bonds. The van der Waals surface area contributed by atoms with E-state index in [4.69, 9.17) is 22.9 Å². The maximum absolute atomic E-state index is 13.8. The first-order valence-corrected chi connectivity index (χ1v) is 17.8. The molecule has 1 aromatic carbocycles. The van der Waals surface area contributed by atoms with E-state index in [-0.39, 0.29) is 31.8 Å². The molecule has 8 atom stereocenters. The van der Waals surface area contributed by atoms with Gasteiger partial charge in [0.25, 0.3) is 0 Å². The Kier molecular flexibility index (Phi) is 21.2. The number of guanidine groups is 1. The molecule has 0 bridgehead atoms. The van der Waals surface area contributed by atoms with Crippen LogP contribution in [0, 0.1) is 5.92 Å². The minimum Gasteiger partial charge on any atom is -0.480 e. The Morgan fingerprint density at radius 1 is 0.667 bits per heavy atom. The van der Waals surface area contributed by atoms with Crippen LogP contribution in [0.3, 0.4) is 0 Å². The molecule has 0 heterocycles. The number of nitrogens with one attached hydrogen (secondary N) is 6. The van der Waals surface area contributed by atoms with E-state index in [1.54, 1.807) is 44.2 Å². The van der Waals surface area contributed by atoms with E-state index in [0.29, 0.717) is 5.56 Å². The standard InChI is InChI=1S/C34H55N11O12/c1-16(2)26(45-31(54)25(36)17(3)48)32(55)43-22(14-46)30(53)42-21(13-24(35)49)29(52)40-19(10-7-11-39-34(37)38)27(50)41-20(12-18-8-5-4-6-9-18)28(51)44-23(15-47)33(56)57/h4-6,8-9,16-17,19-23,25-26,46-48H,7,10-15,36H2,1-3H3,(H2,35,49)(H,40,52)(H,41,50)(H,42,53)(H,43,55)(H,44,51)(H,45,54)(H,56,57)(H4,37,38,39)/t17-,19+,20+,21+,22+,23+,25+,26+/m1/s1. The molecule has 0 aliphatic rings. The fraction of sp³-hybridized carbons (Fsp3) is 0.559. The molecule has 318 valence electrons. The first-order valence-electron chi connectivity index (χ1n) is 17.8. The van der Waals surface area contributed by atoms with Gasteiger partial charge >= 0.3 is 5.97 Å². The predicted molar refractivity (Wildman–Crippen MR) is 202 cm³/mol. The number of benzene rings is 1. The molecule has 0 aliphatic heterocycles. The summed E-state index contributed by atoms with van der Waals surface area (Å²) in [6.07, 6.45) is -2.36. The Hall–Kier alpha value is -5.91. The molecule has 1 aromatic rings. The van der Waals surface area contributed by atoms with Gasteiger partial charge in [-0.15, -0.1) is 0 Å². The number of carboxylic acid groups (broad SMARTS) is 1. The van der Waals surface area contributed by atoms with Crippen LogP contribution >= 0.6 is 0 Å². The van der Waals surface area contributed by atoms with Crippen LogP contribution in [0.5, 0.6) is 0 Å². The number of amides is 7. The molecule has 0 saturated carbocycles. The molecule has 23 nitrogen and oxygen atoms in total. The highest BCUT2D eigenvalue weighted by Gasteiger charge is 2.35. The average molecular weight is 810 g/mol. The lowest BCUT2D eigenvalue weighted by molar-refractivity contribution is -0.143. The average Bonchev–Trinajstić information content (AvgIpc) is 3.14. The van der Waals surface area contributed by atoms with Gasteiger partial charge in [0.15, 0.2) is 5.96 Å². The van der Waals surface area contributed by atoms with Gasteiger partial charge in [-0.05, 0) is 31.2 Å². The third kappa shape index (κ3) is 17.6. The van der Waals surface area contributed by atoms with Crippen LogP contribution in [0.1, 0.15) is 45.6 Å². The molecule has 57 heavy (non-hydrogen) atoms. The molecule has 0 unspecified atom stereocenters. The van der Waals surface area contributed by atoms with Gasteiger partial charge in [0.2, 0.25) is 41.4 Å². The van der Waals surface area contributed by atoms with Crippen molar-refractivity contribution < 1.29 is 58.8 Å². The number of rotatable bonds is 25. The number of nitrogens with zero attached hydrogens (tertiary/aromatic N) is 1. The summed E-state index contributed by atoms with van der Waals surface area (Å²) in [6.45, 7) is 2.38. The van der Waals surface area contributed by atoms with Crippen LogP contribution in [0.15, 0.2) is 35.3 Å². The van der Waals surface area contributed by atoms with Crippen molar-refractivity contribution in [2.75, 3.05) is 19.8 Å². The number of carbonyl (C=O) groups excluding carboxylic acids is 7. The second-order valence-electron chi connectivity index (χ2n) is 13.3. The summed E-state index contributed by atoms with van der Waals surface area (Å²) >= 11 is 0. The quantitative estimate of drug-likeness (QED) is 0.0248. The maximum Gasteiger partial charge on any atom is 0.328 e. The molecule has 0 aliphatic carbocycles. The number of hydrogen-bond donors (Lipinski definition) is 14. The normalized spacial score (nSPS) is 15.2. The van der Waals surface area contributed by atoms with Crippen molar-refractivity contribution in [2.45, 2.75) is 94.9 Å². The summed E-state index contributed by atoms with van der Waals surface area (Å²) in [5, 5.41) is 52.2. The van der Waals surface area contributed by atoms with Crippen molar-refractivity contribution >= 4 is 53.3 Å². The van der Waals surface area contributed by atoms with E-state index in [0.717, 1.165) is 0 Å². The Bertz CT molecular complexity index is 1570. The number of hydrogen-bond acceptors (Lipinski definition) is 13. The van der Waals surface area contributed by atoms with Crippen molar-refractivity contribution in [3.63, 3.8) is 0 Å². The largest absolute Gasteiger partial charge is 0.480 e. The highest BCUT2D eigenvalue weighted by Crippen LogP contribution is 2.08. The van der Waals surface area contributed by atoms with E-state index >= 15 is 0 Å². The van der Waals surface area contributed by atoms with Gasteiger partial charge in [0.1, 0.15) is 42.3 Å². The minimum atomic E-state index is -1.79. The SMILES string of the molecule is CC(C)[C@H](NC(=O)[C@@H](N)[C@@H](C)O)C(=O)N[C@@H](CO)C(=O)N[C@@H](CC(N)=O)C(=O)N[C@@H](CCCN=C(N)N)C(=O)N[C@@H](Cc1ccccc1)C(=O)N[C@@H](CO)C(=O)O. The van der Waals surface area contributed by atoms with Crippen molar-refractivity contribution in [2.24, 2.45) is 33.8 Å². The van der Waals surface area contributed by atoms with E-state index < -0.39 is 121 Å². The van der Waals surface area contributed by atoms with Gasteiger partial charge in [-0.1, -0.05) is 44.2 Å². The van der Waals surface area contributed by atoms with Crippen LogP contribution in [0.4, 0.5) is 0 Å². The van der Waals surface area contributed by atoms with Crippen LogP contribution in [0.2, 0.25) is 0 Å². The number of primary amides is 1. The Labute approximate surface area is 328 Å². The number of nitrogens with two attached hydrogens (primary N) is 4. The monoisotopic (exact) mass is 809 g/mol. The third-order valence-electron chi connectivity index (χ3n) is 8.21. The summed E-state index contributed by atoms with van der Waals surface area (Å²) in [5.74, 6) is -9.56. The molecule has 0 saturated heterocycles.